The molecule has 0 spiro atoms. The van der Waals surface area contributed by atoms with Crippen LogP contribution in [-0.2, 0) is 6.54 Å². The number of anilines is 1. The van der Waals surface area contributed by atoms with Crippen molar-refractivity contribution in [2.24, 2.45) is 0 Å². The first-order valence-corrected chi connectivity index (χ1v) is 5.22. The van der Waals surface area contributed by atoms with Crippen LogP contribution in [0.1, 0.15) is 12.7 Å². The van der Waals surface area contributed by atoms with Gasteiger partial charge in [-0.3, -0.25) is 0 Å². The maximum Gasteiger partial charge on any atom is 0.132 e. The number of hydrogen-bond donors (Lipinski definition) is 1. The van der Waals surface area contributed by atoms with Gasteiger partial charge in [-0.2, -0.15) is 0 Å². The van der Waals surface area contributed by atoms with Crippen molar-refractivity contribution in [2.45, 2.75) is 20.4 Å². The smallest absolute Gasteiger partial charge is 0.132 e. The van der Waals surface area contributed by atoms with E-state index in [1.807, 2.05) is 18.4 Å². The minimum atomic E-state index is -0.296. The highest BCUT2D eigenvalue weighted by atomic mass is 19.1. The van der Waals surface area contributed by atoms with Crippen molar-refractivity contribution in [1.29, 1.82) is 0 Å². The summed E-state index contributed by atoms with van der Waals surface area (Å²) in [7, 11) is 0. The van der Waals surface area contributed by atoms with Gasteiger partial charge in [-0.05, 0) is 26.0 Å². The van der Waals surface area contributed by atoms with E-state index < -0.39 is 0 Å². The fourth-order valence-electron chi connectivity index (χ4n) is 1.83. The Morgan fingerprint density at radius 3 is 2.62 bits per heavy atom. The summed E-state index contributed by atoms with van der Waals surface area (Å²) in [6.45, 7) is 4.58. The van der Waals surface area contributed by atoms with Crippen LogP contribution in [0.25, 0.3) is 11.3 Å². The highest BCUT2D eigenvalue weighted by molar-refractivity contribution is 5.71. The van der Waals surface area contributed by atoms with E-state index in [0.717, 1.165) is 12.4 Å². The number of benzene rings is 1. The van der Waals surface area contributed by atoms with Crippen LogP contribution in [0.2, 0.25) is 0 Å². The van der Waals surface area contributed by atoms with Crippen molar-refractivity contribution in [1.82, 2.24) is 9.55 Å². The summed E-state index contributed by atoms with van der Waals surface area (Å²) in [4.78, 5) is 4.31. The number of nitrogens with two attached hydrogens (primary N) is 1. The third-order valence-electron chi connectivity index (χ3n) is 2.64. The van der Waals surface area contributed by atoms with Gasteiger partial charge in [0.25, 0.3) is 0 Å². The maximum absolute atomic E-state index is 13.6. The van der Waals surface area contributed by atoms with Crippen LogP contribution in [0, 0.1) is 12.7 Å². The lowest BCUT2D eigenvalue weighted by Crippen LogP contribution is -2.02. The van der Waals surface area contributed by atoms with E-state index in [2.05, 4.69) is 4.98 Å². The van der Waals surface area contributed by atoms with E-state index in [1.165, 1.54) is 6.07 Å². The number of rotatable bonds is 2. The van der Waals surface area contributed by atoms with Crippen molar-refractivity contribution in [3.8, 4) is 11.3 Å². The quantitative estimate of drug-likeness (QED) is 0.843. The molecular weight excluding hydrogens is 205 g/mol. The van der Waals surface area contributed by atoms with Crippen molar-refractivity contribution in [3.63, 3.8) is 0 Å². The average molecular weight is 219 g/mol. The van der Waals surface area contributed by atoms with E-state index in [0.29, 0.717) is 17.1 Å². The Morgan fingerprint density at radius 2 is 2.06 bits per heavy atom. The number of aromatic nitrogens is 2. The Kier molecular flexibility index (Phi) is 2.64. The summed E-state index contributed by atoms with van der Waals surface area (Å²) < 4.78 is 15.5. The Morgan fingerprint density at radius 1 is 1.38 bits per heavy atom. The molecule has 2 rings (SSSR count). The first kappa shape index (κ1) is 10.7. The van der Waals surface area contributed by atoms with Gasteiger partial charge < -0.3 is 10.3 Å². The molecule has 0 aliphatic heterocycles. The molecule has 0 saturated carbocycles. The second-order valence-corrected chi connectivity index (χ2v) is 3.62. The molecule has 3 nitrogen and oxygen atoms in total. The van der Waals surface area contributed by atoms with Crippen LogP contribution in [0.3, 0.4) is 0 Å². The first-order valence-electron chi connectivity index (χ1n) is 5.22. The van der Waals surface area contributed by atoms with Crippen LogP contribution in [0.4, 0.5) is 10.2 Å². The topological polar surface area (TPSA) is 43.8 Å². The lowest BCUT2D eigenvalue weighted by atomic mass is 10.1. The fraction of sp³-hybridized carbons (Fsp3) is 0.250. The van der Waals surface area contributed by atoms with Crippen LogP contribution < -0.4 is 5.73 Å². The third-order valence-corrected chi connectivity index (χ3v) is 2.64. The Bertz CT molecular complexity index is 517. The second kappa shape index (κ2) is 3.96. The summed E-state index contributed by atoms with van der Waals surface area (Å²) >= 11 is 0. The zero-order valence-corrected chi connectivity index (χ0v) is 9.37. The van der Waals surface area contributed by atoms with Gasteiger partial charge in [-0.1, -0.05) is 12.1 Å². The second-order valence-electron chi connectivity index (χ2n) is 3.62. The number of nitrogens with zero attached hydrogens (tertiary/aromatic N) is 2. The lowest BCUT2D eigenvalue weighted by Gasteiger charge is -2.03. The standard InChI is InChI=1S/C12H14FN3/c1-3-16-8(2)15-11(12(16)14)9-6-4-5-7-10(9)13/h4-7H,3,14H2,1-2H3. The van der Waals surface area contributed by atoms with Crippen LogP contribution in [0.15, 0.2) is 24.3 Å². The van der Waals surface area contributed by atoms with Gasteiger partial charge in [-0.15, -0.1) is 0 Å². The zero-order chi connectivity index (χ0) is 11.7. The minimum absolute atomic E-state index is 0.296. The van der Waals surface area contributed by atoms with Gasteiger partial charge in [-0.25, -0.2) is 9.37 Å². The van der Waals surface area contributed by atoms with Crippen molar-refractivity contribution in [2.75, 3.05) is 5.73 Å². The van der Waals surface area contributed by atoms with Gasteiger partial charge in [0, 0.05) is 12.1 Å². The van der Waals surface area contributed by atoms with Crippen molar-refractivity contribution in [3.05, 3.63) is 35.9 Å². The third kappa shape index (κ3) is 1.56. The van der Waals surface area contributed by atoms with Gasteiger partial charge in [0.05, 0.1) is 0 Å². The van der Waals surface area contributed by atoms with E-state index >= 15 is 0 Å². The molecule has 1 heterocycles. The molecule has 0 bridgehead atoms. The predicted molar refractivity (Wildman–Crippen MR) is 62.4 cm³/mol. The molecule has 0 fully saturated rings. The van der Waals surface area contributed by atoms with E-state index in [-0.39, 0.29) is 5.82 Å². The summed E-state index contributed by atoms with van der Waals surface area (Å²) in [5.41, 5.74) is 6.93. The molecule has 4 heteroatoms. The normalized spacial score (nSPS) is 10.7. The maximum atomic E-state index is 13.6. The molecule has 84 valence electrons. The van der Waals surface area contributed by atoms with E-state index in [4.69, 9.17) is 5.73 Å². The van der Waals surface area contributed by atoms with E-state index in [1.54, 1.807) is 18.2 Å². The Balaban J connectivity index is 2.62. The highest BCUT2D eigenvalue weighted by Crippen LogP contribution is 2.27. The van der Waals surface area contributed by atoms with Gasteiger partial charge >= 0.3 is 0 Å². The van der Waals surface area contributed by atoms with Crippen molar-refractivity contribution >= 4 is 5.82 Å². The summed E-state index contributed by atoms with van der Waals surface area (Å²) in [6.07, 6.45) is 0. The molecule has 0 atom stereocenters. The van der Waals surface area contributed by atoms with Crippen LogP contribution in [0.5, 0.6) is 0 Å². The zero-order valence-electron chi connectivity index (χ0n) is 9.37. The molecule has 0 aliphatic carbocycles. The molecule has 1 aromatic heterocycles. The van der Waals surface area contributed by atoms with E-state index in [9.17, 15) is 4.39 Å². The molecule has 1 aromatic carbocycles. The van der Waals surface area contributed by atoms with Gasteiger partial charge in [0.1, 0.15) is 23.2 Å². The molecule has 2 aromatic rings. The predicted octanol–water partition coefficient (Wildman–Crippen LogP) is 2.60. The number of nitrogen functional groups attached to an aromatic ring is 1. The monoisotopic (exact) mass is 219 g/mol. The summed E-state index contributed by atoms with van der Waals surface area (Å²) in [5, 5.41) is 0. The first-order chi connectivity index (χ1) is 7.65. The average Bonchev–Trinajstić information content (AvgIpc) is 2.55. The van der Waals surface area contributed by atoms with Crippen LogP contribution in [-0.4, -0.2) is 9.55 Å². The number of hydrogen-bond acceptors (Lipinski definition) is 2. The number of aryl methyl sites for hydroxylation is 1. The molecule has 0 amide bonds. The molecule has 0 saturated heterocycles. The Labute approximate surface area is 93.7 Å². The molecule has 0 radical (unpaired) electrons. The van der Waals surface area contributed by atoms with Crippen LogP contribution >= 0.6 is 0 Å². The van der Waals surface area contributed by atoms with Crippen molar-refractivity contribution < 1.29 is 4.39 Å². The number of halogens is 1. The molecular formula is C12H14FN3. The summed E-state index contributed by atoms with van der Waals surface area (Å²) in [5.74, 6) is 1.03. The lowest BCUT2D eigenvalue weighted by molar-refractivity contribution is 0.631. The molecule has 16 heavy (non-hydrogen) atoms. The largest absolute Gasteiger partial charge is 0.383 e. The SMILES string of the molecule is CCn1c(C)nc(-c2ccccc2F)c1N. The highest BCUT2D eigenvalue weighted by Gasteiger charge is 2.15. The molecule has 2 N–H and O–H groups in total. The van der Waals surface area contributed by atoms with Gasteiger partial charge in [0.2, 0.25) is 0 Å². The number of imidazole rings is 1. The molecule has 0 aliphatic rings. The summed E-state index contributed by atoms with van der Waals surface area (Å²) in [6, 6.07) is 6.53. The minimum Gasteiger partial charge on any atom is -0.383 e. The Hall–Kier alpha value is -1.84. The fourth-order valence-corrected chi connectivity index (χ4v) is 1.83. The van der Waals surface area contributed by atoms with Gasteiger partial charge in [0.15, 0.2) is 0 Å². The molecule has 0 unspecified atom stereocenters.